The minimum Gasteiger partial charge on any atom is -0.443 e. The van der Waals surface area contributed by atoms with E-state index in [4.69, 9.17) is 4.74 Å². The van der Waals surface area contributed by atoms with Crippen molar-refractivity contribution in [3.05, 3.63) is 54.6 Å². The second-order valence-corrected chi connectivity index (χ2v) is 3.80. The van der Waals surface area contributed by atoms with Crippen molar-refractivity contribution in [3.63, 3.8) is 0 Å². The van der Waals surface area contributed by atoms with Gasteiger partial charge in [-0.05, 0) is 12.5 Å². The van der Waals surface area contributed by atoms with Crippen molar-refractivity contribution in [1.29, 1.82) is 0 Å². The molecule has 2 aromatic rings. The highest BCUT2D eigenvalue weighted by molar-refractivity contribution is 5.77. The normalized spacial score (nSPS) is 12.1. The van der Waals surface area contributed by atoms with E-state index in [9.17, 15) is 4.79 Å². The molecule has 0 aliphatic rings. The Morgan fingerprint density at radius 1 is 1.41 bits per heavy atom. The zero-order valence-electron chi connectivity index (χ0n) is 9.61. The summed E-state index contributed by atoms with van der Waals surface area (Å²) >= 11 is 0. The molecule has 0 fully saturated rings. The Balaban J connectivity index is 1.92. The van der Waals surface area contributed by atoms with Gasteiger partial charge in [0.2, 0.25) is 0 Å². The van der Waals surface area contributed by atoms with E-state index < -0.39 is 0 Å². The molecule has 1 aromatic carbocycles. The van der Waals surface area contributed by atoms with Crippen molar-refractivity contribution < 1.29 is 9.53 Å². The van der Waals surface area contributed by atoms with E-state index in [0.29, 0.717) is 0 Å². The Hall–Kier alpha value is -2.10. The number of benzene rings is 1. The molecule has 1 aromatic heterocycles. The maximum absolute atomic E-state index is 11.8. The number of imidazole rings is 1. The Morgan fingerprint density at radius 3 is 2.82 bits per heavy atom. The summed E-state index contributed by atoms with van der Waals surface area (Å²) in [4.78, 5) is 15.7. The summed E-state index contributed by atoms with van der Waals surface area (Å²) in [5, 5.41) is 0. The fourth-order valence-electron chi connectivity index (χ4n) is 1.50. The molecular formula is C13H14N2O2. The third-order valence-electron chi connectivity index (χ3n) is 2.57. The van der Waals surface area contributed by atoms with E-state index >= 15 is 0 Å². The number of hydrogen-bond donors (Lipinski definition) is 0. The number of ether oxygens (including phenoxy) is 1. The van der Waals surface area contributed by atoms with Crippen LogP contribution in [-0.2, 0) is 16.3 Å². The smallest absolute Gasteiger partial charge is 0.314 e. The van der Waals surface area contributed by atoms with Gasteiger partial charge in [0.1, 0.15) is 0 Å². The van der Waals surface area contributed by atoms with Gasteiger partial charge in [-0.2, -0.15) is 0 Å². The average molecular weight is 230 g/mol. The van der Waals surface area contributed by atoms with Crippen LogP contribution in [0.1, 0.15) is 18.4 Å². The molecule has 0 aliphatic heterocycles. The summed E-state index contributed by atoms with van der Waals surface area (Å²) in [5.74, 6) is -0.482. The monoisotopic (exact) mass is 230 g/mol. The maximum atomic E-state index is 11.8. The van der Waals surface area contributed by atoms with Crippen LogP contribution in [0, 0.1) is 0 Å². The number of carbonyl (C=O) groups is 1. The van der Waals surface area contributed by atoms with Crippen molar-refractivity contribution >= 4 is 5.97 Å². The van der Waals surface area contributed by atoms with Gasteiger partial charge in [0.05, 0.1) is 12.2 Å². The summed E-state index contributed by atoms with van der Waals surface area (Å²) < 4.78 is 6.89. The van der Waals surface area contributed by atoms with E-state index in [-0.39, 0.29) is 18.6 Å². The van der Waals surface area contributed by atoms with Crippen LogP contribution in [0.5, 0.6) is 0 Å². The van der Waals surface area contributed by atoms with Crippen molar-refractivity contribution in [2.45, 2.75) is 19.6 Å². The number of rotatable bonds is 4. The van der Waals surface area contributed by atoms with E-state index in [1.54, 1.807) is 23.3 Å². The van der Waals surface area contributed by atoms with Crippen LogP contribution in [0.15, 0.2) is 49.1 Å². The van der Waals surface area contributed by atoms with Gasteiger partial charge in [-0.1, -0.05) is 30.3 Å². The predicted octanol–water partition coefficient (Wildman–Crippen LogP) is 2.19. The molecule has 0 radical (unpaired) electrons. The maximum Gasteiger partial charge on any atom is 0.314 e. The van der Waals surface area contributed by atoms with Gasteiger partial charge >= 0.3 is 5.97 Å². The first kappa shape index (κ1) is 11.4. The molecule has 1 unspecified atom stereocenters. The first-order chi connectivity index (χ1) is 8.27. The van der Waals surface area contributed by atoms with Crippen molar-refractivity contribution in [3.8, 4) is 0 Å². The number of aromatic nitrogens is 2. The fraction of sp³-hybridized carbons (Fsp3) is 0.231. The van der Waals surface area contributed by atoms with Gasteiger partial charge in [0, 0.05) is 12.4 Å². The molecule has 0 N–H and O–H groups in total. The molecule has 0 aliphatic carbocycles. The number of nitrogens with zero attached hydrogens (tertiary/aromatic N) is 2. The van der Waals surface area contributed by atoms with Crippen LogP contribution in [0.2, 0.25) is 0 Å². The van der Waals surface area contributed by atoms with E-state index in [1.807, 2.05) is 37.3 Å². The van der Waals surface area contributed by atoms with Gasteiger partial charge in [-0.3, -0.25) is 4.79 Å². The van der Waals surface area contributed by atoms with Crippen LogP contribution in [0.4, 0.5) is 0 Å². The summed E-state index contributed by atoms with van der Waals surface area (Å²) in [6.45, 7) is 2.04. The second kappa shape index (κ2) is 5.30. The summed E-state index contributed by atoms with van der Waals surface area (Å²) in [7, 11) is 0. The second-order valence-electron chi connectivity index (χ2n) is 3.80. The lowest BCUT2D eigenvalue weighted by molar-refractivity contribution is -0.148. The molecule has 17 heavy (non-hydrogen) atoms. The lowest BCUT2D eigenvalue weighted by atomic mass is 10.0. The summed E-state index contributed by atoms with van der Waals surface area (Å²) in [6, 6.07) is 9.59. The first-order valence-corrected chi connectivity index (χ1v) is 5.44. The van der Waals surface area contributed by atoms with Crippen LogP contribution in [0.25, 0.3) is 0 Å². The van der Waals surface area contributed by atoms with Gasteiger partial charge in [-0.25, -0.2) is 4.98 Å². The van der Waals surface area contributed by atoms with Crippen LogP contribution in [0.3, 0.4) is 0 Å². The lowest BCUT2D eigenvalue weighted by Gasteiger charge is -2.11. The van der Waals surface area contributed by atoms with Crippen molar-refractivity contribution in [1.82, 2.24) is 9.55 Å². The molecule has 0 spiro atoms. The molecule has 0 saturated heterocycles. The third kappa shape index (κ3) is 2.93. The predicted molar refractivity (Wildman–Crippen MR) is 63.2 cm³/mol. The van der Waals surface area contributed by atoms with E-state index in [0.717, 1.165) is 5.56 Å². The Kier molecular flexibility index (Phi) is 3.55. The van der Waals surface area contributed by atoms with Gasteiger partial charge in [0.15, 0.2) is 6.73 Å². The highest BCUT2D eigenvalue weighted by Crippen LogP contribution is 2.16. The zero-order valence-corrected chi connectivity index (χ0v) is 9.61. The molecule has 0 bridgehead atoms. The summed E-state index contributed by atoms with van der Waals surface area (Å²) in [5.41, 5.74) is 0.961. The first-order valence-electron chi connectivity index (χ1n) is 5.44. The van der Waals surface area contributed by atoms with Gasteiger partial charge in [0.25, 0.3) is 0 Å². The molecule has 1 heterocycles. The molecule has 1 atom stereocenters. The largest absolute Gasteiger partial charge is 0.443 e. The van der Waals surface area contributed by atoms with E-state index in [1.165, 1.54) is 0 Å². The zero-order chi connectivity index (χ0) is 12.1. The Morgan fingerprint density at radius 2 is 2.18 bits per heavy atom. The number of esters is 1. The fourth-order valence-corrected chi connectivity index (χ4v) is 1.50. The highest BCUT2D eigenvalue weighted by Gasteiger charge is 2.16. The minimum atomic E-state index is -0.250. The molecule has 4 heteroatoms. The number of hydrogen-bond acceptors (Lipinski definition) is 3. The highest BCUT2D eigenvalue weighted by atomic mass is 16.5. The Bertz CT molecular complexity index is 465. The van der Waals surface area contributed by atoms with Gasteiger partial charge < -0.3 is 9.30 Å². The van der Waals surface area contributed by atoms with Crippen molar-refractivity contribution in [2.75, 3.05) is 0 Å². The molecular weight excluding hydrogens is 216 g/mol. The van der Waals surface area contributed by atoms with Crippen LogP contribution in [-0.4, -0.2) is 15.5 Å². The van der Waals surface area contributed by atoms with E-state index in [2.05, 4.69) is 4.98 Å². The standard InChI is InChI=1S/C13H14N2O2/c1-11(12-5-3-2-4-6-12)13(16)17-10-15-8-7-14-9-15/h2-9,11H,10H2,1H3. The quantitative estimate of drug-likeness (QED) is 0.756. The number of carbonyl (C=O) groups excluding carboxylic acids is 1. The minimum absolute atomic E-state index is 0.204. The van der Waals surface area contributed by atoms with Crippen LogP contribution < -0.4 is 0 Å². The average Bonchev–Trinajstić information content (AvgIpc) is 2.89. The molecule has 0 saturated carbocycles. The Labute approximate surface area is 99.9 Å². The van der Waals surface area contributed by atoms with Gasteiger partial charge in [-0.15, -0.1) is 0 Å². The SMILES string of the molecule is CC(C(=O)OCn1ccnc1)c1ccccc1. The van der Waals surface area contributed by atoms with Crippen molar-refractivity contribution in [2.24, 2.45) is 0 Å². The molecule has 88 valence electrons. The molecule has 4 nitrogen and oxygen atoms in total. The lowest BCUT2D eigenvalue weighted by Crippen LogP contribution is -2.15. The molecule has 2 rings (SSSR count). The molecule has 0 amide bonds. The van der Waals surface area contributed by atoms with Crippen LogP contribution >= 0.6 is 0 Å². The third-order valence-corrected chi connectivity index (χ3v) is 2.57. The topological polar surface area (TPSA) is 44.1 Å². The summed E-state index contributed by atoms with van der Waals surface area (Å²) in [6.07, 6.45) is 5.01.